The number of hydrogen-bond acceptors (Lipinski definition) is 3. The predicted octanol–water partition coefficient (Wildman–Crippen LogP) is 3.19. The first-order chi connectivity index (χ1) is 9.56. The summed E-state index contributed by atoms with van der Waals surface area (Å²) in [4.78, 5) is 11.9. The van der Waals surface area contributed by atoms with Crippen molar-refractivity contribution in [3.8, 4) is 0 Å². The monoisotopic (exact) mass is 277 g/mol. The van der Waals surface area contributed by atoms with Crippen LogP contribution >= 0.6 is 0 Å². The molecule has 1 aromatic rings. The maximum Gasteiger partial charge on any atom is 0.322 e. The molecule has 20 heavy (non-hydrogen) atoms. The summed E-state index contributed by atoms with van der Waals surface area (Å²) in [6.07, 6.45) is 2.72. The molecule has 0 aliphatic heterocycles. The molecular weight excluding hydrogens is 250 g/mol. The highest BCUT2D eigenvalue weighted by molar-refractivity contribution is 5.75. The molecular formula is C17H27NO2. The Morgan fingerprint density at radius 3 is 2.40 bits per heavy atom. The minimum Gasteiger partial charge on any atom is -0.468 e. The van der Waals surface area contributed by atoms with E-state index in [0.29, 0.717) is 12.0 Å². The Hall–Kier alpha value is -1.35. The summed E-state index contributed by atoms with van der Waals surface area (Å²) in [6.45, 7) is 6.38. The van der Waals surface area contributed by atoms with Crippen LogP contribution in [0.2, 0.25) is 0 Å². The molecule has 0 radical (unpaired) electrons. The highest BCUT2D eigenvalue weighted by Crippen LogP contribution is 2.11. The third-order valence-corrected chi connectivity index (χ3v) is 3.45. The van der Waals surface area contributed by atoms with Crippen LogP contribution in [0, 0.1) is 5.92 Å². The van der Waals surface area contributed by atoms with Gasteiger partial charge in [-0.15, -0.1) is 0 Å². The van der Waals surface area contributed by atoms with Crippen molar-refractivity contribution in [3.63, 3.8) is 0 Å². The predicted molar refractivity (Wildman–Crippen MR) is 82.6 cm³/mol. The van der Waals surface area contributed by atoms with Gasteiger partial charge in [-0.05, 0) is 30.7 Å². The van der Waals surface area contributed by atoms with Gasteiger partial charge in [-0.1, -0.05) is 51.1 Å². The van der Waals surface area contributed by atoms with Gasteiger partial charge in [0.1, 0.15) is 6.04 Å². The van der Waals surface area contributed by atoms with Crippen LogP contribution < -0.4 is 5.32 Å². The summed E-state index contributed by atoms with van der Waals surface area (Å²) >= 11 is 0. The SMILES string of the molecule is CCC(Cc1ccccc1)NC(CC(C)C)C(=O)OC. The number of methoxy groups -OCH3 is 1. The number of benzene rings is 1. The van der Waals surface area contributed by atoms with E-state index in [0.717, 1.165) is 19.3 Å². The van der Waals surface area contributed by atoms with Crippen LogP contribution in [0.4, 0.5) is 0 Å². The Balaban J connectivity index is 2.65. The number of rotatable bonds is 8. The van der Waals surface area contributed by atoms with Crippen molar-refractivity contribution in [1.82, 2.24) is 5.32 Å². The van der Waals surface area contributed by atoms with Crippen molar-refractivity contribution in [2.75, 3.05) is 7.11 Å². The van der Waals surface area contributed by atoms with Gasteiger partial charge in [0.05, 0.1) is 7.11 Å². The molecule has 1 rings (SSSR count). The zero-order valence-electron chi connectivity index (χ0n) is 13.1. The van der Waals surface area contributed by atoms with Gasteiger partial charge in [0.2, 0.25) is 0 Å². The maximum absolute atomic E-state index is 11.9. The van der Waals surface area contributed by atoms with Gasteiger partial charge in [-0.2, -0.15) is 0 Å². The Labute approximate surface area is 122 Å². The number of hydrogen-bond donors (Lipinski definition) is 1. The number of carbonyl (C=O) groups excluding carboxylic acids is 1. The van der Waals surface area contributed by atoms with E-state index in [4.69, 9.17) is 4.74 Å². The molecule has 0 fully saturated rings. The molecule has 0 heterocycles. The van der Waals surface area contributed by atoms with Gasteiger partial charge in [0.15, 0.2) is 0 Å². The van der Waals surface area contributed by atoms with E-state index in [-0.39, 0.29) is 12.0 Å². The van der Waals surface area contributed by atoms with E-state index in [1.807, 2.05) is 18.2 Å². The lowest BCUT2D eigenvalue weighted by molar-refractivity contribution is -0.143. The molecule has 0 amide bonds. The number of ether oxygens (including phenoxy) is 1. The maximum atomic E-state index is 11.9. The molecule has 0 saturated heterocycles. The standard InChI is InChI=1S/C17H27NO2/c1-5-15(12-14-9-7-6-8-10-14)18-16(11-13(2)3)17(19)20-4/h6-10,13,15-16,18H,5,11-12H2,1-4H3. The summed E-state index contributed by atoms with van der Waals surface area (Å²) in [5.41, 5.74) is 1.29. The fourth-order valence-electron chi connectivity index (χ4n) is 2.35. The number of carbonyl (C=O) groups is 1. The van der Waals surface area contributed by atoms with E-state index in [2.05, 4.69) is 38.2 Å². The first kappa shape index (κ1) is 16.7. The van der Waals surface area contributed by atoms with Crippen LogP contribution in [0.1, 0.15) is 39.2 Å². The number of nitrogens with one attached hydrogen (secondary N) is 1. The Morgan fingerprint density at radius 1 is 1.25 bits per heavy atom. The first-order valence-electron chi connectivity index (χ1n) is 7.44. The average molecular weight is 277 g/mol. The highest BCUT2D eigenvalue weighted by atomic mass is 16.5. The van der Waals surface area contributed by atoms with E-state index >= 15 is 0 Å². The van der Waals surface area contributed by atoms with Crippen molar-refractivity contribution in [2.24, 2.45) is 5.92 Å². The lowest BCUT2D eigenvalue weighted by Crippen LogP contribution is -2.45. The van der Waals surface area contributed by atoms with Crippen LogP contribution in [-0.4, -0.2) is 25.2 Å². The van der Waals surface area contributed by atoms with Crippen molar-refractivity contribution in [3.05, 3.63) is 35.9 Å². The van der Waals surface area contributed by atoms with Crippen molar-refractivity contribution in [2.45, 2.75) is 52.1 Å². The average Bonchev–Trinajstić information content (AvgIpc) is 2.45. The Bertz CT molecular complexity index is 389. The quantitative estimate of drug-likeness (QED) is 0.742. The van der Waals surface area contributed by atoms with Crippen molar-refractivity contribution >= 4 is 5.97 Å². The first-order valence-corrected chi connectivity index (χ1v) is 7.44. The minimum atomic E-state index is -0.214. The smallest absolute Gasteiger partial charge is 0.322 e. The normalized spacial score (nSPS) is 14.1. The second-order valence-electron chi connectivity index (χ2n) is 5.67. The summed E-state index contributed by atoms with van der Waals surface area (Å²) < 4.78 is 4.91. The van der Waals surface area contributed by atoms with Gasteiger partial charge in [-0.25, -0.2) is 0 Å². The zero-order chi connectivity index (χ0) is 15.0. The van der Waals surface area contributed by atoms with Gasteiger partial charge >= 0.3 is 5.97 Å². The third-order valence-electron chi connectivity index (χ3n) is 3.45. The summed E-state index contributed by atoms with van der Waals surface area (Å²) in [6, 6.07) is 10.4. The topological polar surface area (TPSA) is 38.3 Å². The molecule has 0 saturated carbocycles. The van der Waals surface area contributed by atoms with Crippen LogP contribution in [0.3, 0.4) is 0 Å². The van der Waals surface area contributed by atoms with Crippen LogP contribution in [0.25, 0.3) is 0 Å². The lowest BCUT2D eigenvalue weighted by atomic mass is 9.99. The van der Waals surface area contributed by atoms with Crippen molar-refractivity contribution < 1.29 is 9.53 Å². The van der Waals surface area contributed by atoms with Crippen molar-refractivity contribution in [1.29, 1.82) is 0 Å². The van der Waals surface area contributed by atoms with Gasteiger partial charge in [-0.3, -0.25) is 4.79 Å². The third kappa shape index (κ3) is 5.74. The van der Waals surface area contributed by atoms with Gasteiger partial charge in [0, 0.05) is 6.04 Å². The van der Waals surface area contributed by atoms with Gasteiger partial charge < -0.3 is 10.1 Å². The molecule has 0 aliphatic carbocycles. The molecule has 0 spiro atoms. The fourth-order valence-corrected chi connectivity index (χ4v) is 2.35. The summed E-state index contributed by atoms with van der Waals surface area (Å²) in [7, 11) is 1.45. The molecule has 1 aromatic carbocycles. The van der Waals surface area contributed by atoms with E-state index < -0.39 is 0 Å². The van der Waals surface area contributed by atoms with E-state index in [9.17, 15) is 4.79 Å². The Morgan fingerprint density at radius 2 is 1.90 bits per heavy atom. The van der Waals surface area contributed by atoms with Crippen LogP contribution in [-0.2, 0) is 16.0 Å². The Kier molecular flexibility index (Phi) is 7.31. The largest absolute Gasteiger partial charge is 0.468 e. The molecule has 1 N–H and O–H groups in total. The molecule has 0 bridgehead atoms. The second-order valence-corrected chi connectivity index (χ2v) is 5.67. The molecule has 3 heteroatoms. The van der Waals surface area contributed by atoms with E-state index in [1.54, 1.807) is 0 Å². The molecule has 2 atom stereocenters. The minimum absolute atomic E-state index is 0.162. The van der Waals surface area contributed by atoms with Crippen LogP contribution in [0.15, 0.2) is 30.3 Å². The molecule has 0 aromatic heterocycles. The highest BCUT2D eigenvalue weighted by Gasteiger charge is 2.23. The zero-order valence-corrected chi connectivity index (χ0v) is 13.1. The molecule has 2 unspecified atom stereocenters. The molecule has 0 aliphatic rings. The van der Waals surface area contributed by atoms with E-state index in [1.165, 1.54) is 12.7 Å². The van der Waals surface area contributed by atoms with Gasteiger partial charge in [0.25, 0.3) is 0 Å². The molecule has 112 valence electrons. The second kappa shape index (κ2) is 8.75. The number of esters is 1. The molecule has 3 nitrogen and oxygen atoms in total. The fraction of sp³-hybridized carbons (Fsp3) is 0.588. The summed E-state index contributed by atoms with van der Waals surface area (Å²) in [5, 5.41) is 3.46. The summed E-state index contributed by atoms with van der Waals surface area (Å²) in [5.74, 6) is 0.297. The van der Waals surface area contributed by atoms with Crippen LogP contribution in [0.5, 0.6) is 0 Å². The lowest BCUT2D eigenvalue weighted by Gasteiger charge is -2.24.